The number of alkyl halides is 4. The Bertz CT molecular complexity index is 1120. The Morgan fingerprint density at radius 2 is 1.83 bits per heavy atom. The van der Waals surface area contributed by atoms with E-state index in [1.165, 1.54) is 16.2 Å². The number of anilines is 1. The molecule has 1 aliphatic heterocycles. The highest BCUT2D eigenvalue weighted by atomic mass is 32.1. The van der Waals surface area contributed by atoms with Crippen molar-refractivity contribution in [2.75, 3.05) is 25.0 Å². The summed E-state index contributed by atoms with van der Waals surface area (Å²) in [6, 6.07) is 1.07. The Kier molecular flexibility index (Phi) is 9.83. The molecular weight excluding hydrogens is 539 g/mol. The fraction of sp³-hybridized carbons (Fsp3) is 0.421. The molecule has 2 amide bonds. The summed E-state index contributed by atoms with van der Waals surface area (Å²) in [6.45, 7) is 1.05. The number of halogens is 5. The van der Waals surface area contributed by atoms with Crippen molar-refractivity contribution in [3.8, 4) is 0 Å². The summed E-state index contributed by atoms with van der Waals surface area (Å²) in [4.78, 5) is 50.8. The van der Waals surface area contributed by atoms with Crippen LogP contribution in [-0.2, 0) is 14.4 Å². The smallest absolute Gasteiger partial charge is 0.480 e. The van der Waals surface area contributed by atoms with E-state index in [4.69, 9.17) is 15.0 Å². The van der Waals surface area contributed by atoms with Crippen LogP contribution >= 0.6 is 22.7 Å². The summed E-state index contributed by atoms with van der Waals surface area (Å²) in [5, 5.41) is 20.4. The minimum Gasteiger partial charge on any atom is -0.480 e. The third-order valence-corrected chi connectivity index (χ3v) is 6.43. The molecule has 0 radical (unpaired) electrons. The van der Waals surface area contributed by atoms with Gasteiger partial charge in [0.25, 0.3) is 5.91 Å². The first kappa shape index (κ1) is 29.1. The highest BCUT2D eigenvalue weighted by molar-refractivity contribution is 7.14. The van der Waals surface area contributed by atoms with E-state index in [0.29, 0.717) is 26.7 Å². The molecule has 3 heterocycles. The Labute approximate surface area is 207 Å². The van der Waals surface area contributed by atoms with Crippen LogP contribution in [0.2, 0.25) is 0 Å². The molecule has 0 saturated carbocycles. The number of aliphatic carboxylic acids is 2. The SMILES string of the molecule is Cc1sc([C@@H]2C[C@@H](F)CN2C(=O)CNCC(=O)O)cc1C(=O)Nc1ncc(F)s1.O=C(O)C(F)(F)F. The van der Waals surface area contributed by atoms with Crippen LogP contribution < -0.4 is 10.6 Å². The number of hydrogen-bond acceptors (Lipinski definition) is 8. The molecular formula is C19H19F5N4O6S2. The van der Waals surface area contributed by atoms with Crippen molar-refractivity contribution in [2.24, 2.45) is 0 Å². The third kappa shape index (κ3) is 8.20. The van der Waals surface area contributed by atoms with Gasteiger partial charge in [-0.05, 0) is 13.0 Å². The number of carbonyl (C=O) groups is 4. The number of nitrogens with one attached hydrogen (secondary N) is 2. The van der Waals surface area contributed by atoms with Gasteiger partial charge in [-0.15, -0.1) is 11.3 Å². The summed E-state index contributed by atoms with van der Waals surface area (Å²) < 4.78 is 58.8. The van der Waals surface area contributed by atoms with Crippen molar-refractivity contribution < 1.29 is 51.3 Å². The maximum absolute atomic E-state index is 14.1. The summed E-state index contributed by atoms with van der Waals surface area (Å²) >= 11 is 1.99. The molecule has 0 unspecified atom stereocenters. The van der Waals surface area contributed by atoms with Crippen LogP contribution in [0.15, 0.2) is 12.3 Å². The van der Waals surface area contributed by atoms with Crippen LogP contribution in [0.5, 0.6) is 0 Å². The summed E-state index contributed by atoms with van der Waals surface area (Å²) in [5.41, 5.74) is 0.347. The lowest BCUT2D eigenvalue weighted by molar-refractivity contribution is -0.192. The van der Waals surface area contributed by atoms with E-state index in [-0.39, 0.29) is 31.2 Å². The Balaban J connectivity index is 0.000000572. The minimum absolute atomic E-state index is 0.0882. The van der Waals surface area contributed by atoms with Crippen LogP contribution in [0.25, 0.3) is 0 Å². The van der Waals surface area contributed by atoms with Crippen molar-refractivity contribution >= 4 is 51.6 Å². The third-order valence-electron chi connectivity index (χ3n) is 4.57. The highest BCUT2D eigenvalue weighted by Gasteiger charge is 2.38. The quantitative estimate of drug-likeness (QED) is 0.379. The Hall–Kier alpha value is -3.18. The monoisotopic (exact) mass is 558 g/mol. The van der Waals surface area contributed by atoms with Crippen LogP contribution in [0.4, 0.5) is 27.1 Å². The minimum atomic E-state index is -5.08. The van der Waals surface area contributed by atoms with Crippen LogP contribution in [0.1, 0.15) is 32.6 Å². The molecule has 2 aromatic heterocycles. The largest absolute Gasteiger partial charge is 0.490 e. The van der Waals surface area contributed by atoms with Gasteiger partial charge in [-0.2, -0.15) is 17.6 Å². The van der Waals surface area contributed by atoms with Crippen molar-refractivity contribution in [2.45, 2.75) is 31.7 Å². The Morgan fingerprint density at radius 1 is 1.19 bits per heavy atom. The van der Waals surface area contributed by atoms with E-state index in [9.17, 15) is 36.3 Å². The molecule has 0 bridgehead atoms. The number of carbonyl (C=O) groups excluding carboxylic acids is 2. The molecule has 0 aliphatic carbocycles. The first-order valence-corrected chi connectivity index (χ1v) is 11.5. The average Bonchev–Trinajstić information content (AvgIpc) is 3.45. The van der Waals surface area contributed by atoms with Gasteiger partial charge in [0.1, 0.15) is 6.17 Å². The number of likely N-dealkylation sites (tertiary alicyclic amines) is 1. The lowest BCUT2D eigenvalue weighted by atomic mass is 10.1. The van der Waals surface area contributed by atoms with E-state index in [0.717, 1.165) is 6.20 Å². The first-order valence-electron chi connectivity index (χ1n) is 9.88. The number of carboxylic acid groups (broad SMARTS) is 2. The molecule has 3 rings (SSSR count). The molecule has 17 heteroatoms. The molecule has 0 spiro atoms. The van der Waals surface area contributed by atoms with Gasteiger partial charge in [0.2, 0.25) is 5.91 Å². The lowest BCUT2D eigenvalue weighted by Crippen LogP contribution is -2.39. The molecule has 1 aliphatic rings. The van der Waals surface area contributed by atoms with E-state index in [1.807, 2.05) is 0 Å². The average molecular weight is 559 g/mol. The number of thiazole rings is 1. The van der Waals surface area contributed by atoms with Crippen molar-refractivity contribution in [1.29, 1.82) is 0 Å². The number of aromatic nitrogens is 1. The van der Waals surface area contributed by atoms with Gasteiger partial charge in [0.05, 0.1) is 37.4 Å². The van der Waals surface area contributed by atoms with Gasteiger partial charge in [0.15, 0.2) is 10.3 Å². The Morgan fingerprint density at radius 3 is 2.36 bits per heavy atom. The number of rotatable bonds is 7. The summed E-state index contributed by atoms with van der Waals surface area (Å²) in [6.07, 6.45) is -5.18. The molecule has 10 nitrogen and oxygen atoms in total. The highest BCUT2D eigenvalue weighted by Crippen LogP contribution is 2.38. The predicted molar refractivity (Wildman–Crippen MR) is 117 cm³/mol. The topological polar surface area (TPSA) is 149 Å². The maximum atomic E-state index is 14.1. The second-order valence-electron chi connectivity index (χ2n) is 7.24. The van der Waals surface area contributed by atoms with E-state index < -0.39 is 47.3 Å². The normalized spacial score (nSPS) is 17.3. The lowest BCUT2D eigenvalue weighted by Gasteiger charge is -2.23. The predicted octanol–water partition coefficient (Wildman–Crippen LogP) is 2.82. The number of nitrogens with zero attached hydrogens (tertiary/aromatic N) is 2. The molecule has 2 aromatic rings. The van der Waals surface area contributed by atoms with Crippen molar-refractivity contribution in [3.05, 3.63) is 32.7 Å². The second-order valence-corrected chi connectivity index (χ2v) is 9.51. The molecule has 198 valence electrons. The van der Waals surface area contributed by atoms with Crippen molar-refractivity contribution in [1.82, 2.24) is 15.2 Å². The molecule has 36 heavy (non-hydrogen) atoms. The van der Waals surface area contributed by atoms with E-state index in [1.54, 1.807) is 13.0 Å². The van der Waals surface area contributed by atoms with Gasteiger partial charge in [-0.1, -0.05) is 11.3 Å². The van der Waals surface area contributed by atoms with Crippen LogP contribution in [0, 0.1) is 12.1 Å². The van der Waals surface area contributed by atoms with Gasteiger partial charge in [-0.25, -0.2) is 14.2 Å². The van der Waals surface area contributed by atoms with Crippen LogP contribution in [-0.4, -0.2) is 75.8 Å². The molecule has 2 atom stereocenters. The summed E-state index contributed by atoms with van der Waals surface area (Å²) in [7, 11) is 0. The standard InChI is InChI=1S/C17H18F2N4O4S2.C2HF3O2/c1-8-10(16(27)22-17-21-4-13(19)29-17)3-12(28-8)11-2-9(18)7-23(11)14(24)5-20-6-15(25)26;3-2(4,5)1(6)7/h3-4,9,11,20H,2,5-7H2,1H3,(H,25,26)(H,21,22,27);(H,6,7)/t9-,11+;/m1./s1. The van der Waals surface area contributed by atoms with Gasteiger partial charge < -0.3 is 15.1 Å². The number of aryl methyl sites for hydroxylation is 1. The van der Waals surface area contributed by atoms with E-state index in [2.05, 4.69) is 15.6 Å². The molecule has 1 fully saturated rings. The zero-order chi connectivity index (χ0) is 27.2. The fourth-order valence-electron chi connectivity index (χ4n) is 3.08. The number of amides is 2. The number of hydrogen-bond donors (Lipinski definition) is 4. The van der Waals surface area contributed by atoms with Gasteiger partial charge in [-0.3, -0.25) is 25.0 Å². The van der Waals surface area contributed by atoms with Gasteiger partial charge in [0, 0.05) is 16.2 Å². The van der Waals surface area contributed by atoms with Crippen LogP contribution in [0.3, 0.4) is 0 Å². The molecule has 4 N–H and O–H groups in total. The number of carboxylic acids is 2. The molecule has 0 aromatic carbocycles. The maximum Gasteiger partial charge on any atom is 0.490 e. The number of thiophene rings is 1. The van der Waals surface area contributed by atoms with Crippen molar-refractivity contribution in [3.63, 3.8) is 0 Å². The van der Waals surface area contributed by atoms with E-state index >= 15 is 0 Å². The summed E-state index contributed by atoms with van der Waals surface area (Å²) in [5.74, 6) is -4.72. The first-order chi connectivity index (χ1) is 16.7. The zero-order valence-electron chi connectivity index (χ0n) is 18.3. The second kappa shape index (κ2) is 12.2. The fourth-order valence-corrected chi connectivity index (χ4v) is 4.77. The molecule has 1 saturated heterocycles. The zero-order valence-corrected chi connectivity index (χ0v) is 19.9. The van der Waals surface area contributed by atoms with Gasteiger partial charge >= 0.3 is 18.1 Å².